The first-order valence-electron chi connectivity index (χ1n) is 5.87. The lowest BCUT2D eigenvalue weighted by Gasteiger charge is -2.34. The van der Waals surface area contributed by atoms with Gasteiger partial charge in [0.2, 0.25) is 0 Å². The first-order valence-corrected chi connectivity index (χ1v) is 5.87. The van der Waals surface area contributed by atoms with Crippen LogP contribution in [0.4, 0.5) is 0 Å². The van der Waals surface area contributed by atoms with Crippen LogP contribution >= 0.6 is 0 Å². The normalized spacial score (nSPS) is 13.9. The van der Waals surface area contributed by atoms with Gasteiger partial charge in [-0.2, -0.15) is 0 Å². The summed E-state index contributed by atoms with van der Waals surface area (Å²) in [5.41, 5.74) is 9.92. The molecule has 0 bridgehead atoms. The van der Waals surface area contributed by atoms with Crippen molar-refractivity contribution < 1.29 is 0 Å². The van der Waals surface area contributed by atoms with E-state index in [1.165, 1.54) is 16.7 Å². The van der Waals surface area contributed by atoms with Crippen LogP contribution in [-0.2, 0) is 0 Å². The lowest BCUT2D eigenvalue weighted by molar-refractivity contribution is 0.265. The lowest BCUT2D eigenvalue weighted by Crippen LogP contribution is -2.38. The summed E-state index contributed by atoms with van der Waals surface area (Å²) < 4.78 is 0. The molecule has 0 saturated carbocycles. The summed E-state index contributed by atoms with van der Waals surface area (Å²) in [5, 5.41) is 3.39. The molecule has 0 aliphatic rings. The fraction of sp³-hybridized carbons (Fsp3) is 0.571. The average molecular weight is 220 g/mol. The second-order valence-corrected chi connectivity index (χ2v) is 5.27. The molecule has 0 heterocycles. The zero-order chi connectivity index (χ0) is 12.3. The summed E-state index contributed by atoms with van der Waals surface area (Å²) in [6.07, 6.45) is 0. The first kappa shape index (κ1) is 13.2. The van der Waals surface area contributed by atoms with Crippen molar-refractivity contribution in [3.63, 3.8) is 0 Å². The minimum absolute atomic E-state index is 0.0643. The Morgan fingerprint density at radius 2 is 1.94 bits per heavy atom. The van der Waals surface area contributed by atoms with Crippen LogP contribution in [-0.4, -0.2) is 13.6 Å². The summed E-state index contributed by atoms with van der Waals surface area (Å²) in [6.45, 7) is 9.37. The molecule has 1 atom stereocenters. The van der Waals surface area contributed by atoms with Crippen LogP contribution in [0.2, 0.25) is 0 Å². The van der Waals surface area contributed by atoms with Crippen molar-refractivity contribution in [2.24, 2.45) is 11.1 Å². The van der Waals surface area contributed by atoms with Crippen molar-refractivity contribution in [3.8, 4) is 0 Å². The van der Waals surface area contributed by atoms with Gasteiger partial charge in [0.05, 0.1) is 0 Å². The highest BCUT2D eigenvalue weighted by Crippen LogP contribution is 2.33. The highest BCUT2D eigenvalue weighted by Gasteiger charge is 2.29. The Kier molecular flexibility index (Phi) is 4.11. The van der Waals surface area contributed by atoms with E-state index in [1.54, 1.807) is 0 Å². The summed E-state index contributed by atoms with van der Waals surface area (Å²) in [7, 11) is 2.00. The molecule has 1 rings (SSSR count). The topological polar surface area (TPSA) is 38.0 Å². The summed E-state index contributed by atoms with van der Waals surface area (Å²) in [5.74, 6) is 0. The van der Waals surface area contributed by atoms with Gasteiger partial charge < -0.3 is 11.1 Å². The van der Waals surface area contributed by atoms with E-state index in [2.05, 4.69) is 51.2 Å². The maximum absolute atomic E-state index is 5.86. The van der Waals surface area contributed by atoms with Crippen molar-refractivity contribution in [3.05, 3.63) is 34.9 Å². The molecule has 1 unspecified atom stereocenters. The van der Waals surface area contributed by atoms with Gasteiger partial charge >= 0.3 is 0 Å². The largest absolute Gasteiger partial charge is 0.330 e. The Labute approximate surface area is 99.2 Å². The third kappa shape index (κ3) is 2.63. The monoisotopic (exact) mass is 220 g/mol. The van der Waals surface area contributed by atoms with Gasteiger partial charge in [0.1, 0.15) is 0 Å². The van der Waals surface area contributed by atoms with Crippen molar-refractivity contribution >= 4 is 0 Å². The zero-order valence-corrected chi connectivity index (χ0v) is 11.1. The summed E-state index contributed by atoms with van der Waals surface area (Å²) >= 11 is 0. The fourth-order valence-electron chi connectivity index (χ4n) is 2.23. The number of hydrogen-bond donors (Lipinski definition) is 2. The number of rotatable bonds is 4. The number of aryl methyl sites for hydroxylation is 2. The van der Waals surface area contributed by atoms with Crippen LogP contribution in [0.1, 0.15) is 36.6 Å². The summed E-state index contributed by atoms with van der Waals surface area (Å²) in [6, 6.07) is 6.91. The van der Waals surface area contributed by atoms with E-state index in [4.69, 9.17) is 5.73 Å². The number of hydrogen-bond acceptors (Lipinski definition) is 2. The third-order valence-corrected chi connectivity index (χ3v) is 3.33. The Balaban J connectivity index is 3.14. The SMILES string of the molecule is CNC(c1ccc(C)cc1C)C(C)(C)CN. The van der Waals surface area contributed by atoms with Gasteiger partial charge in [-0.1, -0.05) is 37.6 Å². The van der Waals surface area contributed by atoms with Crippen LogP contribution in [0, 0.1) is 19.3 Å². The van der Waals surface area contributed by atoms with Crippen molar-refractivity contribution in [1.82, 2.24) is 5.32 Å². The highest BCUT2D eigenvalue weighted by atomic mass is 14.9. The molecule has 0 amide bonds. The second-order valence-electron chi connectivity index (χ2n) is 5.27. The predicted octanol–water partition coefficient (Wildman–Crippen LogP) is 2.55. The van der Waals surface area contributed by atoms with Gasteiger partial charge in [-0.25, -0.2) is 0 Å². The fourth-order valence-corrected chi connectivity index (χ4v) is 2.23. The van der Waals surface area contributed by atoms with Gasteiger partial charge in [-0.3, -0.25) is 0 Å². The van der Waals surface area contributed by atoms with E-state index < -0.39 is 0 Å². The van der Waals surface area contributed by atoms with Gasteiger partial charge in [-0.05, 0) is 44.0 Å². The Morgan fingerprint density at radius 3 is 2.38 bits per heavy atom. The Hall–Kier alpha value is -0.860. The zero-order valence-electron chi connectivity index (χ0n) is 11.1. The van der Waals surface area contributed by atoms with E-state index in [1.807, 2.05) is 7.05 Å². The van der Waals surface area contributed by atoms with Gasteiger partial charge in [0, 0.05) is 6.04 Å². The van der Waals surface area contributed by atoms with Crippen LogP contribution < -0.4 is 11.1 Å². The standard InChI is InChI=1S/C14H24N2/c1-10-6-7-12(11(2)8-10)13(16-5)14(3,4)9-15/h6-8,13,16H,9,15H2,1-5H3. The third-order valence-electron chi connectivity index (χ3n) is 3.33. The molecule has 0 saturated heterocycles. The van der Waals surface area contributed by atoms with E-state index in [-0.39, 0.29) is 5.41 Å². The Bertz CT molecular complexity index is 356. The van der Waals surface area contributed by atoms with Crippen LogP contribution in [0.3, 0.4) is 0 Å². The number of nitrogens with one attached hydrogen (secondary N) is 1. The van der Waals surface area contributed by atoms with Gasteiger partial charge in [0.25, 0.3) is 0 Å². The second kappa shape index (κ2) is 4.98. The molecule has 0 radical (unpaired) electrons. The first-order chi connectivity index (χ1) is 7.42. The van der Waals surface area contributed by atoms with Crippen LogP contribution in [0.15, 0.2) is 18.2 Å². The molecule has 0 aliphatic carbocycles. The van der Waals surface area contributed by atoms with Gasteiger partial charge in [-0.15, -0.1) is 0 Å². The van der Waals surface area contributed by atoms with Crippen LogP contribution in [0.5, 0.6) is 0 Å². The van der Waals surface area contributed by atoms with E-state index in [9.17, 15) is 0 Å². The minimum atomic E-state index is 0.0643. The number of nitrogens with two attached hydrogens (primary N) is 1. The predicted molar refractivity (Wildman–Crippen MR) is 70.6 cm³/mol. The Morgan fingerprint density at radius 1 is 1.31 bits per heavy atom. The minimum Gasteiger partial charge on any atom is -0.330 e. The molecule has 0 aliphatic heterocycles. The molecule has 2 heteroatoms. The highest BCUT2D eigenvalue weighted by molar-refractivity contribution is 5.33. The molecule has 16 heavy (non-hydrogen) atoms. The van der Waals surface area contributed by atoms with E-state index in [0.29, 0.717) is 12.6 Å². The molecular formula is C14H24N2. The quantitative estimate of drug-likeness (QED) is 0.818. The average Bonchev–Trinajstić information content (AvgIpc) is 2.22. The van der Waals surface area contributed by atoms with Crippen molar-refractivity contribution in [1.29, 1.82) is 0 Å². The van der Waals surface area contributed by atoms with Crippen molar-refractivity contribution in [2.45, 2.75) is 33.7 Å². The maximum Gasteiger partial charge on any atom is 0.0384 e. The van der Waals surface area contributed by atoms with Crippen molar-refractivity contribution in [2.75, 3.05) is 13.6 Å². The molecular weight excluding hydrogens is 196 g/mol. The lowest BCUT2D eigenvalue weighted by atomic mass is 9.79. The molecule has 90 valence electrons. The smallest absolute Gasteiger partial charge is 0.0384 e. The maximum atomic E-state index is 5.86. The molecule has 0 spiro atoms. The number of benzene rings is 1. The van der Waals surface area contributed by atoms with E-state index in [0.717, 1.165) is 0 Å². The molecule has 1 aromatic carbocycles. The molecule has 0 aromatic heterocycles. The molecule has 2 nitrogen and oxygen atoms in total. The van der Waals surface area contributed by atoms with Crippen LogP contribution in [0.25, 0.3) is 0 Å². The summed E-state index contributed by atoms with van der Waals surface area (Å²) in [4.78, 5) is 0. The molecule has 3 N–H and O–H groups in total. The molecule has 0 fully saturated rings. The van der Waals surface area contributed by atoms with E-state index >= 15 is 0 Å². The van der Waals surface area contributed by atoms with Gasteiger partial charge in [0.15, 0.2) is 0 Å². The molecule has 1 aromatic rings.